The maximum Gasteiger partial charge on any atom is 0.274 e. The summed E-state index contributed by atoms with van der Waals surface area (Å²) >= 11 is 0. The van der Waals surface area contributed by atoms with E-state index in [1.165, 1.54) is 18.2 Å². The molecule has 0 aliphatic heterocycles. The SMILES string of the molecule is COc1ccc(CCNc2ccc(C(=O)Nc3cccc(F)c3)nc2)cc1OC. The van der Waals surface area contributed by atoms with E-state index < -0.39 is 11.7 Å². The van der Waals surface area contributed by atoms with Gasteiger partial charge in [-0.15, -0.1) is 0 Å². The van der Waals surface area contributed by atoms with Crippen LogP contribution >= 0.6 is 0 Å². The summed E-state index contributed by atoms with van der Waals surface area (Å²) in [4.78, 5) is 16.4. The van der Waals surface area contributed by atoms with Gasteiger partial charge in [-0.25, -0.2) is 9.37 Å². The summed E-state index contributed by atoms with van der Waals surface area (Å²) in [6.45, 7) is 0.687. The molecule has 0 bridgehead atoms. The Morgan fingerprint density at radius 1 is 1.00 bits per heavy atom. The van der Waals surface area contributed by atoms with E-state index in [4.69, 9.17) is 9.47 Å². The number of rotatable bonds is 8. The average molecular weight is 395 g/mol. The number of methoxy groups -OCH3 is 2. The first-order valence-corrected chi connectivity index (χ1v) is 9.07. The van der Waals surface area contributed by atoms with Gasteiger partial charge < -0.3 is 20.1 Å². The van der Waals surface area contributed by atoms with Gasteiger partial charge in [0.1, 0.15) is 11.5 Å². The van der Waals surface area contributed by atoms with Crippen LogP contribution in [0, 0.1) is 5.82 Å². The van der Waals surface area contributed by atoms with E-state index in [9.17, 15) is 9.18 Å². The van der Waals surface area contributed by atoms with Gasteiger partial charge in [-0.2, -0.15) is 0 Å². The summed E-state index contributed by atoms with van der Waals surface area (Å²) < 4.78 is 23.8. The number of carbonyl (C=O) groups excluding carboxylic acids is 1. The second-order valence-corrected chi connectivity index (χ2v) is 6.26. The number of amides is 1. The number of hydrogen-bond donors (Lipinski definition) is 2. The first kappa shape index (κ1) is 20.1. The number of aromatic nitrogens is 1. The Balaban J connectivity index is 1.53. The van der Waals surface area contributed by atoms with E-state index in [1.807, 2.05) is 18.2 Å². The molecule has 1 aromatic heterocycles. The van der Waals surface area contributed by atoms with Gasteiger partial charge >= 0.3 is 0 Å². The minimum Gasteiger partial charge on any atom is -0.493 e. The van der Waals surface area contributed by atoms with Crippen molar-refractivity contribution in [2.24, 2.45) is 0 Å². The van der Waals surface area contributed by atoms with Crippen LogP contribution < -0.4 is 20.1 Å². The summed E-state index contributed by atoms with van der Waals surface area (Å²) in [6, 6.07) is 14.9. The molecule has 150 valence electrons. The van der Waals surface area contributed by atoms with Crippen molar-refractivity contribution in [1.29, 1.82) is 0 Å². The number of pyridine rings is 1. The normalized spacial score (nSPS) is 10.3. The Hall–Kier alpha value is -3.61. The number of anilines is 2. The van der Waals surface area contributed by atoms with E-state index in [2.05, 4.69) is 15.6 Å². The fraction of sp³-hybridized carbons (Fsp3) is 0.182. The van der Waals surface area contributed by atoms with Gasteiger partial charge in [0.05, 0.1) is 26.1 Å². The summed E-state index contributed by atoms with van der Waals surface area (Å²) in [5, 5.41) is 5.89. The lowest BCUT2D eigenvalue weighted by molar-refractivity contribution is 0.102. The first-order valence-electron chi connectivity index (χ1n) is 9.07. The Labute approximate surface area is 168 Å². The van der Waals surface area contributed by atoms with Crippen LogP contribution in [-0.4, -0.2) is 31.7 Å². The molecule has 29 heavy (non-hydrogen) atoms. The third kappa shape index (κ3) is 5.44. The van der Waals surface area contributed by atoms with Gasteiger partial charge in [0.2, 0.25) is 0 Å². The van der Waals surface area contributed by atoms with Crippen molar-refractivity contribution in [3.63, 3.8) is 0 Å². The van der Waals surface area contributed by atoms with Gasteiger partial charge in [-0.05, 0) is 54.4 Å². The minimum absolute atomic E-state index is 0.250. The molecule has 0 saturated carbocycles. The molecule has 7 heteroatoms. The minimum atomic E-state index is -0.412. The molecule has 3 rings (SSSR count). The molecule has 6 nitrogen and oxygen atoms in total. The van der Waals surface area contributed by atoms with Crippen LogP contribution in [0.1, 0.15) is 16.1 Å². The van der Waals surface area contributed by atoms with Crippen LogP contribution in [0.25, 0.3) is 0 Å². The number of ether oxygens (including phenoxy) is 2. The van der Waals surface area contributed by atoms with Gasteiger partial charge in [-0.3, -0.25) is 4.79 Å². The van der Waals surface area contributed by atoms with Gasteiger partial charge in [0, 0.05) is 12.2 Å². The quantitative estimate of drug-likeness (QED) is 0.600. The van der Waals surface area contributed by atoms with Crippen LogP contribution in [0.15, 0.2) is 60.8 Å². The highest BCUT2D eigenvalue weighted by Gasteiger charge is 2.08. The topological polar surface area (TPSA) is 72.5 Å². The van der Waals surface area contributed by atoms with Crippen molar-refractivity contribution in [2.45, 2.75) is 6.42 Å². The van der Waals surface area contributed by atoms with Crippen LogP contribution in [0.5, 0.6) is 11.5 Å². The van der Waals surface area contributed by atoms with Gasteiger partial charge in [0.25, 0.3) is 5.91 Å². The van der Waals surface area contributed by atoms with Crippen molar-refractivity contribution in [1.82, 2.24) is 4.98 Å². The van der Waals surface area contributed by atoms with Crippen molar-refractivity contribution in [3.8, 4) is 11.5 Å². The summed E-state index contributed by atoms with van der Waals surface area (Å²) in [5.41, 5.74) is 2.54. The lowest BCUT2D eigenvalue weighted by atomic mass is 10.1. The summed E-state index contributed by atoms with van der Waals surface area (Å²) in [5.74, 6) is 0.582. The van der Waals surface area contributed by atoms with E-state index in [1.54, 1.807) is 38.6 Å². The zero-order valence-electron chi connectivity index (χ0n) is 16.2. The molecule has 1 heterocycles. The lowest BCUT2D eigenvalue weighted by Gasteiger charge is -2.11. The average Bonchev–Trinajstić information content (AvgIpc) is 2.74. The highest BCUT2D eigenvalue weighted by Crippen LogP contribution is 2.27. The summed E-state index contributed by atoms with van der Waals surface area (Å²) in [7, 11) is 3.21. The Morgan fingerprint density at radius 3 is 2.52 bits per heavy atom. The maximum atomic E-state index is 13.2. The third-order valence-corrected chi connectivity index (χ3v) is 4.27. The second kappa shape index (κ2) is 9.54. The predicted molar refractivity (Wildman–Crippen MR) is 110 cm³/mol. The van der Waals surface area contributed by atoms with E-state index in [-0.39, 0.29) is 5.69 Å². The zero-order chi connectivity index (χ0) is 20.6. The van der Waals surface area contributed by atoms with Crippen molar-refractivity contribution < 1.29 is 18.7 Å². The van der Waals surface area contributed by atoms with Crippen LogP contribution in [0.2, 0.25) is 0 Å². The van der Waals surface area contributed by atoms with Crippen molar-refractivity contribution in [3.05, 3.63) is 77.9 Å². The largest absolute Gasteiger partial charge is 0.493 e. The molecule has 0 radical (unpaired) electrons. The second-order valence-electron chi connectivity index (χ2n) is 6.26. The predicted octanol–water partition coefficient (Wildman–Crippen LogP) is 4.14. The summed E-state index contributed by atoms with van der Waals surface area (Å²) in [6.07, 6.45) is 2.37. The zero-order valence-corrected chi connectivity index (χ0v) is 16.2. The lowest BCUT2D eigenvalue weighted by Crippen LogP contribution is -2.14. The molecule has 2 N–H and O–H groups in total. The van der Waals surface area contributed by atoms with E-state index >= 15 is 0 Å². The van der Waals surface area contributed by atoms with Crippen molar-refractivity contribution >= 4 is 17.3 Å². The van der Waals surface area contributed by atoms with E-state index in [0.717, 1.165) is 17.7 Å². The van der Waals surface area contributed by atoms with Crippen LogP contribution in [-0.2, 0) is 6.42 Å². The maximum absolute atomic E-state index is 13.2. The smallest absolute Gasteiger partial charge is 0.274 e. The molecule has 1 amide bonds. The molecule has 0 saturated heterocycles. The first-order chi connectivity index (χ1) is 14.1. The Bertz CT molecular complexity index is 977. The van der Waals surface area contributed by atoms with Crippen molar-refractivity contribution in [2.75, 3.05) is 31.4 Å². The molecule has 0 aliphatic carbocycles. The molecule has 0 aliphatic rings. The Kier molecular flexibility index (Phi) is 6.63. The molecule has 3 aromatic rings. The highest BCUT2D eigenvalue weighted by molar-refractivity contribution is 6.02. The Morgan fingerprint density at radius 2 is 1.83 bits per heavy atom. The highest BCUT2D eigenvalue weighted by atomic mass is 19.1. The fourth-order valence-electron chi connectivity index (χ4n) is 2.78. The third-order valence-electron chi connectivity index (χ3n) is 4.27. The van der Waals surface area contributed by atoms with Crippen LogP contribution in [0.3, 0.4) is 0 Å². The molecular weight excluding hydrogens is 373 g/mol. The van der Waals surface area contributed by atoms with Crippen LogP contribution in [0.4, 0.5) is 15.8 Å². The molecule has 2 aromatic carbocycles. The molecular formula is C22H22FN3O3. The number of hydrogen-bond acceptors (Lipinski definition) is 5. The van der Waals surface area contributed by atoms with E-state index in [0.29, 0.717) is 23.7 Å². The molecule has 0 unspecified atom stereocenters. The van der Waals surface area contributed by atoms with Gasteiger partial charge in [-0.1, -0.05) is 12.1 Å². The number of halogens is 1. The number of nitrogens with zero attached hydrogens (tertiary/aromatic N) is 1. The number of carbonyl (C=O) groups is 1. The monoisotopic (exact) mass is 395 g/mol. The van der Waals surface area contributed by atoms with Gasteiger partial charge in [0.15, 0.2) is 11.5 Å². The molecule has 0 spiro atoms. The number of benzene rings is 2. The number of nitrogens with one attached hydrogen (secondary N) is 2. The standard InChI is InChI=1S/C22H22FN3O3/c1-28-20-9-6-15(12-21(20)29-2)10-11-24-18-7-8-19(25-14-18)22(27)26-17-5-3-4-16(23)13-17/h3-9,12-14,24H,10-11H2,1-2H3,(H,26,27). The fourth-order valence-corrected chi connectivity index (χ4v) is 2.78. The molecule has 0 fully saturated rings. The molecule has 0 atom stereocenters.